The molecular weight excluding hydrogens is 131 g/mol. The van der Waals surface area contributed by atoms with Crippen molar-refractivity contribution >= 4 is 21.8 Å². The molecule has 0 aromatic rings. The Morgan fingerprint density at radius 3 is 2.67 bits per heavy atom. The van der Waals surface area contributed by atoms with E-state index in [2.05, 4.69) is 26.5 Å². The maximum absolute atomic E-state index is 3.50. The minimum Gasteiger partial charge on any atom is -0.304 e. The van der Waals surface area contributed by atoms with E-state index in [-0.39, 0.29) is 0 Å². The van der Waals surface area contributed by atoms with Gasteiger partial charge in [0.1, 0.15) is 0 Å². The SMILES string of the molecule is C=[N+]=C=C(P)CN(C)C. The van der Waals surface area contributed by atoms with E-state index < -0.39 is 0 Å². The second kappa shape index (κ2) is 4.49. The lowest BCUT2D eigenvalue weighted by Gasteiger charge is -2.04. The van der Waals surface area contributed by atoms with E-state index in [9.17, 15) is 0 Å². The molecule has 1 atom stereocenters. The van der Waals surface area contributed by atoms with Gasteiger partial charge in [0.2, 0.25) is 0 Å². The Kier molecular flexibility index (Phi) is 4.30. The topological polar surface area (TPSA) is 17.3 Å². The smallest absolute Gasteiger partial charge is 0.304 e. The van der Waals surface area contributed by atoms with Crippen molar-refractivity contribution in [1.29, 1.82) is 0 Å². The van der Waals surface area contributed by atoms with Crippen LogP contribution in [0.2, 0.25) is 0 Å². The number of likely N-dealkylation sites (N-methyl/N-ethyl adjacent to an activating group) is 1. The normalized spacial score (nSPS) is 8.44. The van der Waals surface area contributed by atoms with Gasteiger partial charge in [0, 0.05) is 6.54 Å². The molecule has 0 aromatic carbocycles. The molecule has 1 unspecified atom stereocenters. The fourth-order valence-corrected chi connectivity index (χ4v) is 0.934. The highest BCUT2D eigenvalue weighted by Gasteiger charge is 1.93. The van der Waals surface area contributed by atoms with Crippen LogP contribution in [0.3, 0.4) is 0 Å². The van der Waals surface area contributed by atoms with Crippen molar-refractivity contribution in [2.75, 3.05) is 20.6 Å². The third-order valence-corrected chi connectivity index (χ3v) is 1.02. The van der Waals surface area contributed by atoms with Crippen molar-refractivity contribution < 1.29 is 0 Å². The maximum Gasteiger partial charge on any atom is 0.315 e. The predicted octanol–water partition coefficient (Wildman–Crippen LogP) is -0.256. The Hall–Kier alpha value is -0.380. The first-order valence-electron chi connectivity index (χ1n) is 2.64. The van der Waals surface area contributed by atoms with Gasteiger partial charge in [0.15, 0.2) is 0 Å². The number of hydrogen-bond donors (Lipinski definition) is 0. The molecule has 0 aliphatic carbocycles. The highest BCUT2D eigenvalue weighted by Crippen LogP contribution is 1.98. The van der Waals surface area contributed by atoms with E-state index in [1.165, 1.54) is 0 Å². The summed E-state index contributed by atoms with van der Waals surface area (Å²) in [6.07, 6.45) is 0. The molecule has 0 aliphatic rings. The molecule has 0 spiro atoms. The van der Waals surface area contributed by atoms with Crippen molar-refractivity contribution in [2.24, 2.45) is 0 Å². The summed E-state index contributed by atoms with van der Waals surface area (Å²) in [6, 6.07) is 0. The van der Waals surface area contributed by atoms with Gasteiger partial charge < -0.3 is 4.90 Å². The van der Waals surface area contributed by atoms with E-state index in [1.807, 2.05) is 19.0 Å². The second-order valence-electron chi connectivity index (χ2n) is 2.03. The van der Waals surface area contributed by atoms with Crippen molar-refractivity contribution in [3.05, 3.63) is 5.31 Å². The summed E-state index contributed by atoms with van der Waals surface area (Å²) in [5.41, 5.74) is 0. The van der Waals surface area contributed by atoms with Crippen LogP contribution < -0.4 is 4.67 Å². The van der Waals surface area contributed by atoms with Gasteiger partial charge in [-0.1, -0.05) is 9.24 Å². The van der Waals surface area contributed by atoms with E-state index in [0.717, 1.165) is 11.9 Å². The summed E-state index contributed by atoms with van der Waals surface area (Å²) < 4.78 is 3.50. The first kappa shape index (κ1) is 8.62. The number of rotatable bonds is 2. The Morgan fingerprint density at radius 2 is 2.33 bits per heavy atom. The minimum atomic E-state index is 0.865. The zero-order valence-electron chi connectivity index (χ0n) is 5.89. The molecule has 0 aliphatic heterocycles. The van der Waals surface area contributed by atoms with E-state index >= 15 is 0 Å². The average molecular weight is 143 g/mol. The van der Waals surface area contributed by atoms with Crippen molar-refractivity contribution in [1.82, 2.24) is 9.57 Å². The van der Waals surface area contributed by atoms with Gasteiger partial charge in [-0.15, -0.1) is 0 Å². The van der Waals surface area contributed by atoms with Crippen LogP contribution in [-0.4, -0.2) is 38.1 Å². The third-order valence-electron chi connectivity index (χ3n) is 0.709. The Balaban J connectivity index is 3.92. The number of hydrogen-bond acceptors (Lipinski definition) is 1. The molecule has 0 fully saturated rings. The summed E-state index contributed by atoms with van der Waals surface area (Å²) >= 11 is 0. The standard InChI is InChI=1S/C6H12N2P/c1-7-4-6(9)5-8(2)3/h1,5,9H2,2-3H3/q+1. The van der Waals surface area contributed by atoms with E-state index in [4.69, 9.17) is 0 Å². The fourth-order valence-electron chi connectivity index (χ4n) is 0.478. The van der Waals surface area contributed by atoms with Gasteiger partial charge in [-0.2, -0.15) is 0 Å². The lowest BCUT2D eigenvalue weighted by Crippen LogP contribution is -2.13. The summed E-state index contributed by atoms with van der Waals surface area (Å²) in [6.45, 7) is 4.16. The van der Waals surface area contributed by atoms with Gasteiger partial charge in [-0.05, 0) is 18.8 Å². The monoisotopic (exact) mass is 143 g/mol. The number of nitrogens with zero attached hydrogens (tertiary/aromatic N) is 2. The third kappa shape index (κ3) is 5.49. The van der Waals surface area contributed by atoms with Crippen molar-refractivity contribution in [2.45, 2.75) is 0 Å². The van der Waals surface area contributed by atoms with Gasteiger partial charge in [0.25, 0.3) is 6.72 Å². The van der Waals surface area contributed by atoms with Gasteiger partial charge in [-0.3, -0.25) is 0 Å². The molecule has 0 bridgehead atoms. The minimum absolute atomic E-state index is 0.865. The molecule has 0 N–H and O–H groups in total. The molecular formula is C6H12N2P+. The molecule has 0 rings (SSSR count). The largest absolute Gasteiger partial charge is 0.315 e. The zero-order chi connectivity index (χ0) is 7.28. The van der Waals surface area contributed by atoms with Crippen molar-refractivity contribution in [3.8, 4) is 0 Å². The lowest BCUT2D eigenvalue weighted by atomic mass is 10.6. The first-order valence-corrected chi connectivity index (χ1v) is 3.22. The average Bonchev–Trinajstić information content (AvgIpc) is 1.63. The summed E-state index contributed by atoms with van der Waals surface area (Å²) in [5.74, 6) is 2.73. The Bertz CT molecular complexity index is 162. The van der Waals surface area contributed by atoms with Gasteiger partial charge in [-0.25, -0.2) is 0 Å². The molecule has 50 valence electrons. The molecule has 2 nitrogen and oxygen atoms in total. The Morgan fingerprint density at radius 1 is 1.78 bits per heavy atom. The summed E-state index contributed by atoms with van der Waals surface area (Å²) in [4.78, 5) is 2.04. The molecule has 0 radical (unpaired) electrons. The van der Waals surface area contributed by atoms with Crippen LogP contribution in [-0.2, 0) is 0 Å². The van der Waals surface area contributed by atoms with Crippen LogP contribution >= 0.6 is 9.24 Å². The maximum atomic E-state index is 3.50. The van der Waals surface area contributed by atoms with Crippen molar-refractivity contribution in [3.63, 3.8) is 0 Å². The first-order chi connectivity index (χ1) is 4.16. The van der Waals surface area contributed by atoms with Gasteiger partial charge >= 0.3 is 5.87 Å². The van der Waals surface area contributed by atoms with Crippen LogP contribution in [0.15, 0.2) is 5.31 Å². The highest BCUT2D eigenvalue weighted by molar-refractivity contribution is 7.23. The summed E-state index contributed by atoms with van der Waals surface area (Å²) in [5, 5.41) is 1.02. The van der Waals surface area contributed by atoms with Crippen LogP contribution in [0.5, 0.6) is 0 Å². The van der Waals surface area contributed by atoms with E-state index in [0.29, 0.717) is 0 Å². The van der Waals surface area contributed by atoms with Crippen LogP contribution in [0.1, 0.15) is 0 Å². The molecule has 0 amide bonds. The highest BCUT2D eigenvalue weighted by atomic mass is 31.0. The molecule has 0 aromatic heterocycles. The predicted molar refractivity (Wildman–Crippen MR) is 46.0 cm³/mol. The fraction of sp³-hybridized carbons (Fsp3) is 0.500. The van der Waals surface area contributed by atoms with Crippen LogP contribution in [0.4, 0.5) is 0 Å². The Labute approximate surface area is 58.2 Å². The second-order valence-corrected chi connectivity index (χ2v) is 2.73. The quantitative estimate of drug-likeness (QED) is 0.296. The summed E-state index contributed by atoms with van der Waals surface area (Å²) in [7, 11) is 6.54. The zero-order valence-corrected chi connectivity index (χ0v) is 7.04. The van der Waals surface area contributed by atoms with Crippen LogP contribution in [0, 0.1) is 0 Å². The molecule has 0 saturated carbocycles. The molecule has 9 heavy (non-hydrogen) atoms. The van der Waals surface area contributed by atoms with E-state index in [1.54, 1.807) is 0 Å². The molecule has 0 saturated heterocycles. The molecule has 3 heteroatoms. The van der Waals surface area contributed by atoms with Gasteiger partial charge in [0.05, 0.1) is 5.31 Å². The van der Waals surface area contributed by atoms with Crippen LogP contribution in [0.25, 0.3) is 0 Å². The lowest BCUT2D eigenvalue weighted by molar-refractivity contribution is 0.455. The molecule has 0 heterocycles.